The van der Waals surface area contributed by atoms with Crippen LogP contribution >= 0.6 is 21.6 Å². The van der Waals surface area contributed by atoms with Crippen LogP contribution < -0.4 is 10.1 Å². The van der Waals surface area contributed by atoms with E-state index in [1.807, 2.05) is 42.5 Å². The van der Waals surface area contributed by atoms with E-state index < -0.39 is 6.10 Å². The number of hydrogen-bond donors (Lipinski definition) is 4. The molecule has 1 aliphatic heterocycles. The Balaban J connectivity index is 1.38. The number of Topliss-reactive ketones (excluding diaryl/α,β-unsaturated/α-hetero) is 1. The highest BCUT2D eigenvalue weighted by Crippen LogP contribution is 2.45. The fraction of sp³-hybridized carbons (Fsp3) is 0.361. The third-order valence-corrected chi connectivity index (χ3v) is 10.5. The highest BCUT2D eigenvalue weighted by atomic mass is 33.1. The van der Waals surface area contributed by atoms with E-state index in [4.69, 9.17) is 9.47 Å². The molecule has 0 radical (unpaired) electrons. The third-order valence-electron chi connectivity index (χ3n) is 8.17. The number of hydrogen-bond acceptors (Lipinski definition) is 9. The number of aryl methyl sites for hydroxylation is 1. The van der Waals surface area contributed by atoms with Gasteiger partial charge in [0.1, 0.15) is 11.5 Å². The molecular weight excluding hydrogens is 607 g/mol. The van der Waals surface area contributed by atoms with Crippen molar-refractivity contribution in [2.75, 3.05) is 26.1 Å². The molecule has 238 valence electrons. The van der Waals surface area contributed by atoms with Crippen LogP contribution in [0.25, 0.3) is 21.9 Å². The minimum atomic E-state index is -0.531. The molecule has 0 saturated heterocycles. The Hall–Kier alpha value is -3.21. The van der Waals surface area contributed by atoms with E-state index in [1.165, 1.54) is 12.7 Å². The molecule has 0 unspecified atom stereocenters. The smallest absolute Gasteiger partial charge is 0.168 e. The Morgan fingerprint density at radius 1 is 0.956 bits per heavy atom. The molecule has 2 atom stereocenters. The lowest BCUT2D eigenvalue weighted by Gasteiger charge is -2.22. The zero-order valence-electron chi connectivity index (χ0n) is 25.5. The number of ketones is 1. The molecule has 0 amide bonds. The Labute approximate surface area is 272 Å². The van der Waals surface area contributed by atoms with Crippen LogP contribution in [-0.4, -0.2) is 59.4 Å². The highest BCUT2D eigenvalue weighted by molar-refractivity contribution is 8.76. The summed E-state index contributed by atoms with van der Waals surface area (Å²) >= 11 is 0. The predicted octanol–water partition coefficient (Wildman–Crippen LogP) is 7.03. The van der Waals surface area contributed by atoms with Crippen LogP contribution in [0.2, 0.25) is 0 Å². The van der Waals surface area contributed by atoms with Crippen molar-refractivity contribution in [3.63, 3.8) is 0 Å². The van der Waals surface area contributed by atoms with E-state index in [-0.39, 0.29) is 29.8 Å². The quantitative estimate of drug-likeness (QED) is 0.0955. The zero-order chi connectivity index (χ0) is 31.6. The second-order valence-corrected chi connectivity index (χ2v) is 13.8. The first kappa shape index (κ1) is 33.2. The molecular formula is C36H41NO6S2. The van der Waals surface area contributed by atoms with Crippen LogP contribution in [0, 0.1) is 0 Å². The zero-order valence-corrected chi connectivity index (χ0v) is 27.2. The molecule has 1 heterocycles. The van der Waals surface area contributed by atoms with E-state index in [2.05, 4.69) is 17.4 Å². The fourth-order valence-electron chi connectivity index (χ4n) is 5.77. The summed E-state index contributed by atoms with van der Waals surface area (Å²) in [6.07, 6.45) is 2.23. The first-order valence-electron chi connectivity index (χ1n) is 15.4. The van der Waals surface area contributed by atoms with E-state index in [1.54, 1.807) is 39.8 Å². The molecule has 5 rings (SSSR count). The summed E-state index contributed by atoms with van der Waals surface area (Å²) < 4.78 is 11.9. The third kappa shape index (κ3) is 8.95. The number of phenols is 2. The van der Waals surface area contributed by atoms with E-state index in [0.29, 0.717) is 49.7 Å². The van der Waals surface area contributed by atoms with Crippen LogP contribution in [0.1, 0.15) is 42.4 Å². The molecule has 1 aliphatic rings. The second kappa shape index (κ2) is 16.4. The molecule has 0 spiro atoms. The van der Waals surface area contributed by atoms with Crippen molar-refractivity contribution in [2.24, 2.45) is 0 Å². The molecule has 0 aromatic heterocycles. The summed E-state index contributed by atoms with van der Waals surface area (Å²) in [7, 11) is 4.77. The summed E-state index contributed by atoms with van der Waals surface area (Å²) in [6, 6.07) is 23.1. The number of aliphatic hydroxyl groups excluding tert-OH is 1. The van der Waals surface area contributed by atoms with Gasteiger partial charge in [-0.15, -0.1) is 0 Å². The van der Waals surface area contributed by atoms with Gasteiger partial charge in [-0.3, -0.25) is 10.1 Å². The van der Waals surface area contributed by atoms with Crippen LogP contribution in [0.4, 0.5) is 0 Å². The van der Waals surface area contributed by atoms with Crippen molar-refractivity contribution in [2.45, 2.75) is 56.5 Å². The molecule has 0 aliphatic carbocycles. The molecule has 0 saturated carbocycles. The number of phenolic OH excluding ortho intramolecular Hbond substituents is 2. The van der Waals surface area contributed by atoms with Crippen molar-refractivity contribution >= 4 is 38.1 Å². The number of rotatable bonds is 7. The average molecular weight is 648 g/mol. The Bertz CT molecular complexity index is 1580. The molecule has 7 nitrogen and oxygen atoms in total. The van der Waals surface area contributed by atoms with Gasteiger partial charge in [0.15, 0.2) is 11.5 Å². The van der Waals surface area contributed by atoms with Crippen molar-refractivity contribution < 1.29 is 29.6 Å². The SMILES string of the molecule is COc1c(O)ccc2c1-c1ccc3ccc(O)cc3c1CSSC[C@@H](O)CC[C@@H](OCNCCc1ccccc1)CC(=O)CC2. The number of methoxy groups -OCH3 is 1. The topological polar surface area (TPSA) is 108 Å². The number of benzene rings is 4. The van der Waals surface area contributed by atoms with Gasteiger partial charge >= 0.3 is 0 Å². The van der Waals surface area contributed by atoms with Gasteiger partial charge in [-0.25, -0.2) is 0 Å². The summed E-state index contributed by atoms with van der Waals surface area (Å²) in [5.74, 6) is 1.78. The molecule has 45 heavy (non-hydrogen) atoms. The summed E-state index contributed by atoms with van der Waals surface area (Å²) in [5, 5.41) is 37.2. The van der Waals surface area contributed by atoms with Crippen LogP contribution in [0.15, 0.2) is 72.8 Å². The van der Waals surface area contributed by atoms with Gasteiger partial charge in [0.25, 0.3) is 0 Å². The number of ether oxygens (including phenoxy) is 2. The minimum Gasteiger partial charge on any atom is -0.508 e. The Morgan fingerprint density at radius 3 is 2.60 bits per heavy atom. The fourth-order valence-corrected chi connectivity index (χ4v) is 8.07. The monoisotopic (exact) mass is 647 g/mol. The Morgan fingerprint density at radius 2 is 1.78 bits per heavy atom. The van der Waals surface area contributed by atoms with Gasteiger partial charge in [0.2, 0.25) is 0 Å². The van der Waals surface area contributed by atoms with E-state index in [0.717, 1.165) is 46.0 Å². The van der Waals surface area contributed by atoms with Crippen LogP contribution in [0.5, 0.6) is 17.2 Å². The number of fused-ring (bicyclic) bond motifs is 5. The average Bonchev–Trinajstić information content (AvgIpc) is 3.04. The second-order valence-electron chi connectivity index (χ2n) is 11.3. The van der Waals surface area contributed by atoms with Crippen molar-refractivity contribution in [1.82, 2.24) is 5.32 Å². The van der Waals surface area contributed by atoms with Gasteiger partial charge in [-0.2, -0.15) is 0 Å². The standard InChI is InChI=1S/C36H41NO6S2/c1-42-36-34(41)16-10-26-8-12-27(38)19-30(43-23-37-18-17-24-5-3-2-4-6-24)14-13-29(40)21-44-45-22-33-31(35(26)36)15-9-25-7-11-28(39)20-32(25)33/h2-7,9-11,15-16,20,29-30,37,39-41H,8,12-14,17-19,21-23H2,1H3/t29-,30+/m0/s1. The maximum Gasteiger partial charge on any atom is 0.168 e. The maximum absolute atomic E-state index is 13.4. The lowest BCUT2D eigenvalue weighted by molar-refractivity contribution is -0.122. The molecule has 4 N–H and O–H groups in total. The van der Waals surface area contributed by atoms with E-state index in [9.17, 15) is 20.1 Å². The summed E-state index contributed by atoms with van der Waals surface area (Å²) in [6.45, 7) is 1.11. The highest BCUT2D eigenvalue weighted by Gasteiger charge is 2.23. The lowest BCUT2D eigenvalue weighted by atomic mass is 9.89. The van der Waals surface area contributed by atoms with Gasteiger partial charge in [-0.05, 0) is 76.9 Å². The Kier molecular flexibility index (Phi) is 12.1. The van der Waals surface area contributed by atoms with Gasteiger partial charge in [0, 0.05) is 36.5 Å². The van der Waals surface area contributed by atoms with Gasteiger partial charge < -0.3 is 24.8 Å². The summed E-state index contributed by atoms with van der Waals surface area (Å²) in [5.41, 5.74) is 4.78. The minimum absolute atomic E-state index is 0.0253. The van der Waals surface area contributed by atoms with Crippen LogP contribution in [0.3, 0.4) is 0 Å². The molecule has 0 fully saturated rings. The largest absolute Gasteiger partial charge is 0.508 e. The maximum atomic E-state index is 13.4. The summed E-state index contributed by atoms with van der Waals surface area (Å²) in [4.78, 5) is 13.4. The normalized spacial score (nSPS) is 18.3. The van der Waals surface area contributed by atoms with Gasteiger partial charge in [0.05, 0.1) is 26.0 Å². The number of nitrogens with one attached hydrogen (secondary N) is 1. The van der Waals surface area contributed by atoms with Crippen molar-refractivity contribution in [3.05, 3.63) is 89.5 Å². The lowest BCUT2D eigenvalue weighted by Crippen LogP contribution is -2.28. The number of carbonyl (C=O) groups excluding carboxylic acids is 1. The van der Waals surface area contributed by atoms with Gasteiger partial charge in [-0.1, -0.05) is 76.2 Å². The first-order valence-corrected chi connectivity index (χ1v) is 17.9. The van der Waals surface area contributed by atoms with E-state index >= 15 is 0 Å². The molecule has 4 aromatic carbocycles. The molecule has 9 heteroatoms. The molecule has 4 aromatic rings. The number of aliphatic hydroxyl groups is 1. The van der Waals surface area contributed by atoms with Crippen molar-refractivity contribution in [3.8, 4) is 28.4 Å². The van der Waals surface area contributed by atoms with Crippen LogP contribution in [-0.2, 0) is 28.1 Å². The number of aromatic hydroxyl groups is 2. The first-order chi connectivity index (χ1) is 21.9. The molecule has 0 bridgehead atoms. The number of carbonyl (C=O) groups is 1. The van der Waals surface area contributed by atoms with Crippen molar-refractivity contribution in [1.29, 1.82) is 0 Å². The predicted molar refractivity (Wildman–Crippen MR) is 184 cm³/mol.